The molecule has 0 atom stereocenters. The van der Waals surface area contributed by atoms with Crippen molar-refractivity contribution in [2.45, 2.75) is 0 Å². The van der Waals surface area contributed by atoms with Gasteiger partial charge < -0.3 is 0 Å². The number of nitriles is 4. The molecule has 0 unspecified atom stereocenters. The van der Waals surface area contributed by atoms with Crippen LogP contribution in [0.2, 0.25) is 0 Å². The quantitative estimate of drug-likeness (QED) is 0.507. The minimum absolute atomic E-state index is 0. The van der Waals surface area contributed by atoms with Gasteiger partial charge in [0.15, 0.2) is 0 Å². The molecule has 0 aliphatic heterocycles. The standard InChI is InChI=1S/2C2BFN2.K/c2*4-3(1-5)2-6;. The van der Waals surface area contributed by atoms with Gasteiger partial charge in [0.1, 0.15) is 0 Å². The van der Waals surface area contributed by atoms with Crippen molar-refractivity contribution in [3.8, 4) is 23.9 Å². The first kappa shape index (κ1) is 18.4. The average molecular weight is 203 g/mol. The van der Waals surface area contributed by atoms with E-state index in [0.29, 0.717) is 0 Å². The van der Waals surface area contributed by atoms with Crippen LogP contribution >= 0.6 is 0 Å². The van der Waals surface area contributed by atoms with E-state index in [1.807, 2.05) is 0 Å². The van der Waals surface area contributed by atoms with Crippen molar-refractivity contribution in [2.75, 3.05) is 0 Å². The summed E-state index contributed by atoms with van der Waals surface area (Å²) in [7, 11) is 0. The molecule has 0 heterocycles. The Morgan fingerprint density at radius 2 is 0.846 bits per heavy atom. The molecule has 0 aliphatic rings. The summed E-state index contributed by atoms with van der Waals surface area (Å²) >= 11 is 0. The fourth-order valence-corrected chi connectivity index (χ4v) is 0.0577. The van der Waals surface area contributed by atoms with Crippen LogP contribution < -0.4 is 0 Å². The van der Waals surface area contributed by atoms with Gasteiger partial charge in [-0.2, -0.15) is 0 Å². The third kappa shape index (κ3) is 18.5. The first-order valence-corrected chi connectivity index (χ1v) is 2.49. The molecular weight excluding hydrogens is 203 g/mol. The van der Waals surface area contributed by atoms with E-state index in [1.54, 1.807) is 0 Å². The third-order valence-electron chi connectivity index (χ3n) is 0.453. The molecule has 0 aliphatic carbocycles. The van der Waals surface area contributed by atoms with Crippen molar-refractivity contribution < 1.29 is 8.63 Å². The average Bonchev–Trinajstić information content (AvgIpc) is 2.16. The maximum Gasteiger partial charge on any atom is 0.567 e. The maximum atomic E-state index is 11.1. The Balaban J connectivity index is -0.000000143. The molecule has 0 aromatic rings. The van der Waals surface area contributed by atoms with E-state index in [1.165, 1.54) is 0 Å². The molecule has 9 heteroatoms. The van der Waals surface area contributed by atoms with Gasteiger partial charge in [0.05, 0.1) is 23.9 Å². The van der Waals surface area contributed by atoms with E-state index in [4.69, 9.17) is 21.0 Å². The first-order valence-electron chi connectivity index (χ1n) is 2.49. The Kier molecular flexibility index (Phi) is 20.0. The molecular formula is C4B2F2KN4. The van der Waals surface area contributed by atoms with E-state index >= 15 is 0 Å². The molecule has 0 N–H and O–H groups in total. The summed E-state index contributed by atoms with van der Waals surface area (Å²) in [6.07, 6.45) is 0. The van der Waals surface area contributed by atoms with Crippen molar-refractivity contribution >= 4 is 65.4 Å². The summed E-state index contributed by atoms with van der Waals surface area (Å²) in [4.78, 5) is 0. The monoisotopic (exact) mass is 203 g/mol. The van der Waals surface area contributed by atoms with Crippen molar-refractivity contribution in [1.29, 1.82) is 21.0 Å². The zero-order chi connectivity index (χ0) is 9.98. The van der Waals surface area contributed by atoms with Crippen LogP contribution in [-0.2, 0) is 0 Å². The van der Waals surface area contributed by atoms with Crippen LogP contribution in [0, 0.1) is 44.9 Å². The molecule has 4 nitrogen and oxygen atoms in total. The molecule has 0 bridgehead atoms. The largest absolute Gasteiger partial charge is 0.567 e. The second-order valence-electron chi connectivity index (χ2n) is 1.24. The third-order valence-corrected chi connectivity index (χ3v) is 0.453. The van der Waals surface area contributed by atoms with Crippen LogP contribution in [0.4, 0.5) is 8.63 Å². The molecule has 0 rings (SSSR count). The molecule has 0 saturated heterocycles. The second-order valence-corrected chi connectivity index (χ2v) is 1.24. The molecule has 0 saturated carbocycles. The van der Waals surface area contributed by atoms with Gasteiger partial charge in [-0.15, -0.1) is 0 Å². The van der Waals surface area contributed by atoms with E-state index in [9.17, 15) is 8.63 Å². The fourth-order valence-electron chi connectivity index (χ4n) is 0.0577. The van der Waals surface area contributed by atoms with E-state index in [0.717, 1.165) is 23.9 Å². The van der Waals surface area contributed by atoms with Gasteiger partial charge in [-0.3, -0.25) is 8.63 Å². The Bertz CT molecular complexity index is 226. The number of hydrogen-bond acceptors (Lipinski definition) is 4. The number of halogens is 2. The Labute approximate surface area is 117 Å². The van der Waals surface area contributed by atoms with E-state index < -0.39 is 14.0 Å². The number of hydrogen-bond donors (Lipinski definition) is 0. The molecule has 0 fully saturated rings. The summed E-state index contributed by atoms with van der Waals surface area (Å²) in [5.74, 6) is 4.35. The molecule has 57 valence electrons. The van der Waals surface area contributed by atoms with E-state index in [2.05, 4.69) is 0 Å². The van der Waals surface area contributed by atoms with Crippen molar-refractivity contribution in [2.24, 2.45) is 0 Å². The van der Waals surface area contributed by atoms with Crippen LogP contribution in [0.3, 0.4) is 0 Å². The maximum absolute atomic E-state index is 11.1. The van der Waals surface area contributed by atoms with Crippen molar-refractivity contribution in [3.05, 3.63) is 0 Å². The van der Waals surface area contributed by atoms with Gasteiger partial charge in [0, 0.05) is 51.4 Å². The van der Waals surface area contributed by atoms with Crippen LogP contribution in [0.1, 0.15) is 0 Å². The van der Waals surface area contributed by atoms with Crippen LogP contribution in [-0.4, -0.2) is 65.4 Å². The van der Waals surface area contributed by atoms with E-state index in [-0.39, 0.29) is 51.4 Å². The van der Waals surface area contributed by atoms with Crippen LogP contribution in [0.25, 0.3) is 0 Å². The summed E-state index contributed by atoms with van der Waals surface area (Å²) in [5.41, 5.74) is 0. The Morgan fingerprint density at radius 1 is 0.692 bits per heavy atom. The van der Waals surface area contributed by atoms with Crippen LogP contribution in [0.5, 0.6) is 0 Å². The number of nitrogens with zero attached hydrogens (tertiary/aromatic N) is 4. The van der Waals surface area contributed by atoms with Gasteiger partial charge in [-0.05, 0) is 0 Å². The summed E-state index contributed by atoms with van der Waals surface area (Å²) in [6, 6.07) is 0. The summed E-state index contributed by atoms with van der Waals surface area (Å²) in [5, 5.41) is 29.9. The zero-order valence-corrected chi connectivity index (χ0v) is 9.82. The number of rotatable bonds is 0. The Hall–Kier alpha value is -0.414. The minimum atomic E-state index is -1.95. The predicted molar refractivity (Wildman–Crippen MR) is 41.9 cm³/mol. The predicted octanol–water partition coefficient (Wildman–Crippen LogP) is -0.235. The first-order chi connectivity index (χ1) is 5.62. The van der Waals surface area contributed by atoms with Gasteiger partial charge in [-0.1, -0.05) is 0 Å². The van der Waals surface area contributed by atoms with Crippen molar-refractivity contribution in [3.63, 3.8) is 0 Å². The fraction of sp³-hybridized carbons (Fsp3) is 0. The second kappa shape index (κ2) is 14.1. The molecule has 0 aromatic carbocycles. The molecule has 0 spiro atoms. The molecule has 0 amide bonds. The minimum Gasteiger partial charge on any atom is -0.292 e. The van der Waals surface area contributed by atoms with Crippen LogP contribution in [0.15, 0.2) is 0 Å². The van der Waals surface area contributed by atoms with Gasteiger partial charge in [0.2, 0.25) is 0 Å². The topological polar surface area (TPSA) is 95.2 Å². The molecule has 13 heavy (non-hydrogen) atoms. The molecule has 1 radical (unpaired) electrons. The van der Waals surface area contributed by atoms with Gasteiger partial charge in [-0.25, -0.2) is 21.0 Å². The van der Waals surface area contributed by atoms with Gasteiger partial charge >= 0.3 is 14.0 Å². The molecule has 0 aromatic heterocycles. The van der Waals surface area contributed by atoms with Crippen molar-refractivity contribution in [1.82, 2.24) is 0 Å². The summed E-state index contributed by atoms with van der Waals surface area (Å²) < 4.78 is 22.3. The normalized spacial score (nSPS) is 4.77. The Morgan fingerprint density at radius 3 is 0.846 bits per heavy atom. The van der Waals surface area contributed by atoms with Gasteiger partial charge in [0.25, 0.3) is 0 Å². The smallest absolute Gasteiger partial charge is 0.292 e. The summed E-state index contributed by atoms with van der Waals surface area (Å²) in [6.45, 7) is -3.91. The zero-order valence-electron chi connectivity index (χ0n) is 6.70. The SMILES string of the molecule is N#CB(F)C#N.N#CB(F)C#N.[K].